The van der Waals surface area contributed by atoms with Gasteiger partial charge in [-0.05, 0) is 41.0 Å². The van der Waals surface area contributed by atoms with E-state index in [2.05, 4.69) is 4.98 Å². The number of rotatable bonds is 7. The minimum Gasteiger partial charge on any atom is -0.331 e. The first kappa shape index (κ1) is 24.9. The van der Waals surface area contributed by atoms with Crippen molar-refractivity contribution < 1.29 is 35.9 Å². The Kier molecular flexibility index (Phi) is 7.09. The zero-order valence-electron chi connectivity index (χ0n) is 17.7. The zero-order valence-corrected chi connectivity index (χ0v) is 17.7. The van der Waals surface area contributed by atoms with Crippen molar-refractivity contribution in [2.75, 3.05) is 0 Å². The second kappa shape index (κ2) is 9.66. The van der Waals surface area contributed by atoms with Crippen molar-refractivity contribution in [2.45, 2.75) is 25.2 Å². The number of imidazole rings is 1. The van der Waals surface area contributed by atoms with Crippen molar-refractivity contribution in [3.63, 3.8) is 0 Å². The molecule has 1 heterocycles. The predicted molar refractivity (Wildman–Crippen MR) is 112 cm³/mol. The van der Waals surface area contributed by atoms with E-state index in [1.807, 2.05) is 0 Å². The number of allylic oxidation sites excluding steroid dienone is 1. The van der Waals surface area contributed by atoms with Crippen molar-refractivity contribution >= 4 is 17.6 Å². The lowest BCUT2D eigenvalue weighted by atomic mass is 9.98. The Morgan fingerprint density at radius 2 is 1.44 bits per heavy atom. The number of hydrogen-bond donors (Lipinski definition) is 0. The van der Waals surface area contributed by atoms with E-state index < -0.39 is 35.7 Å². The number of carbonyl (C=O) groups is 2. The number of hydrogen-bond acceptors (Lipinski definition) is 3. The summed E-state index contributed by atoms with van der Waals surface area (Å²) in [5, 5.41) is 0. The third kappa shape index (κ3) is 6.43. The van der Waals surface area contributed by atoms with E-state index in [1.54, 1.807) is 48.2 Å². The molecule has 10 heteroatoms. The van der Waals surface area contributed by atoms with Crippen LogP contribution in [0, 0.1) is 0 Å². The molecule has 0 fully saturated rings. The number of halogens is 6. The number of carbonyl (C=O) groups excluding carboxylic acids is 2. The summed E-state index contributed by atoms with van der Waals surface area (Å²) in [6.07, 6.45) is -4.66. The third-order valence-corrected chi connectivity index (χ3v) is 4.90. The molecule has 0 amide bonds. The van der Waals surface area contributed by atoms with Crippen LogP contribution in [-0.4, -0.2) is 21.1 Å². The second-order valence-corrected chi connectivity index (χ2v) is 7.61. The number of ketones is 2. The van der Waals surface area contributed by atoms with Crippen molar-refractivity contribution in [2.24, 2.45) is 7.05 Å². The van der Waals surface area contributed by atoms with Crippen LogP contribution in [0.15, 0.2) is 60.9 Å². The Balaban J connectivity index is 1.68. The number of nitrogens with zero attached hydrogens (tertiary/aromatic N) is 2. The molecule has 0 spiro atoms. The molecule has 0 atom stereocenters. The highest BCUT2D eigenvalue weighted by Gasteiger charge is 2.37. The van der Waals surface area contributed by atoms with Crippen LogP contribution in [-0.2, 0) is 37.0 Å². The van der Waals surface area contributed by atoms with Crippen LogP contribution in [0.25, 0.3) is 6.08 Å². The van der Waals surface area contributed by atoms with Gasteiger partial charge in [0.05, 0.1) is 11.1 Å². The molecular weight excluding hydrogens is 462 g/mol. The minimum atomic E-state index is -4.97. The fraction of sp³-hybridized carbons (Fsp3) is 0.208. The summed E-state index contributed by atoms with van der Waals surface area (Å²) in [6.45, 7) is 0. The summed E-state index contributed by atoms with van der Waals surface area (Å²) in [6, 6.07) is 7.60. The molecule has 0 saturated carbocycles. The minimum absolute atomic E-state index is 0.0266. The highest BCUT2D eigenvalue weighted by atomic mass is 19.4. The Hall–Kier alpha value is -3.69. The van der Waals surface area contributed by atoms with E-state index >= 15 is 0 Å². The van der Waals surface area contributed by atoms with Gasteiger partial charge < -0.3 is 4.57 Å². The summed E-state index contributed by atoms with van der Waals surface area (Å²) in [4.78, 5) is 28.4. The first-order chi connectivity index (χ1) is 15.8. The number of benzene rings is 2. The van der Waals surface area contributed by atoms with Crippen molar-refractivity contribution in [3.05, 3.63) is 94.6 Å². The van der Waals surface area contributed by atoms with E-state index in [0.29, 0.717) is 23.3 Å². The maximum absolute atomic E-state index is 13.0. The molecule has 3 rings (SSSR count). The molecule has 0 unspecified atom stereocenters. The molecule has 0 saturated heterocycles. The summed E-state index contributed by atoms with van der Waals surface area (Å²) >= 11 is 0. The number of Topliss-reactive ketones (excluding diaryl/α,β-unsaturated/α-hetero) is 1. The first-order valence-corrected chi connectivity index (χ1v) is 9.91. The fourth-order valence-corrected chi connectivity index (χ4v) is 3.24. The van der Waals surface area contributed by atoms with Crippen molar-refractivity contribution in [1.82, 2.24) is 9.55 Å². The van der Waals surface area contributed by atoms with Crippen LogP contribution < -0.4 is 0 Å². The van der Waals surface area contributed by atoms with Gasteiger partial charge in [-0.3, -0.25) is 9.59 Å². The van der Waals surface area contributed by atoms with Crippen LogP contribution in [0.1, 0.15) is 38.4 Å². The van der Waals surface area contributed by atoms with Crippen molar-refractivity contribution in [1.29, 1.82) is 0 Å². The maximum atomic E-state index is 13.0. The molecule has 0 radical (unpaired) electrons. The molecule has 0 bridgehead atoms. The molecule has 0 N–H and O–H groups in total. The summed E-state index contributed by atoms with van der Waals surface area (Å²) < 4.78 is 79.5. The summed E-state index contributed by atoms with van der Waals surface area (Å²) in [7, 11) is 1.68. The topological polar surface area (TPSA) is 52.0 Å². The molecule has 0 aliphatic heterocycles. The molecule has 1 aromatic heterocycles. The quantitative estimate of drug-likeness (QED) is 0.247. The van der Waals surface area contributed by atoms with E-state index in [4.69, 9.17) is 0 Å². The highest BCUT2D eigenvalue weighted by molar-refractivity contribution is 6.04. The van der Waals surface area contributed by atoms with Gasteiger partial charge in [-0.2, -0.15) is 26.3 Å². The molecule has 4 nitrogen and oxygen atoms in total. The molecule has 0 aliphatic carbocycles. The first-order valence-electron chi connectivity index (χ1n) is 9.91. The van der Waals surface area contributed by atoms with Crippen LogP contribution in [0.3, 0.4) is 0 Å². The molecule has 178 valence electrons. The number of alkyl halides is 6. The zero-order chi connectivity index (χ0) is 25.1. The van der Waals surface area contributed by atoms with Gasteiger partial charge >= 0.3 is 12.4 Å². The van der Waals surface area contributed by atoms with Gasteiger partial charge in [0, 0.05) is 32.3 Å². The summed E-state index contributed by atoms with van der Waals surface area (Å²) in [5.41, 5.74) is -2.09. The fourth-order valence-electron chi connectivity index (χ4n) is 3.24. The average molecular weight is 480 g/mol. The van der Waals surface area contributed by atoms with Gasteiger partial charge in [0.25, 0.3) is 0 Å². The molecule has 3 aromatic rings. The van der Waals surface area contributed by atoms with Gasteiger partial charge in [0.2, 0.25) is 5.78 Å². The largest absolute Gasteiger partial charge is 0.416 e. The predicted octanol–water partition coefficient (Wildman–Crippen LogP) is 5.71. The Bertz CT molecular complexity index is 1190. The van der Waals surface area contributed by atoms with Gasteiger partial charge in [0.15, 0.2) is 5.82 Å². The Morgan fingerprint density at radius 3 is 1.94 bits per heavy atom. The maximum Gasteiger partial charge on any atom is 0.416 e. The molecule has 0 aliphatic rings. The number of aromatic nitrogens is 2. The smallest absolute Gasteiger partial charge is 0.331 e. The average Bonchev–Trinajstić information content (AvgIpc) is 3.17. The Morgan fingerprint density at radius 1 is 0.882 bits per heavy atom. The lowest BCUT2D eigenvalue weighted by molar-refractivity contribution is -0.143. The third-order valence-electron chi connectivity index (χ3n) is 4.90. The Labute approximate surface area is 190 Å². The van der Waals surface area contributed by atoms with Crippen molar-refractivity contribution in [3.8, 4) is 0 Å². The molecular formula is C24H18F6N2O2. The second-order valence-electron chi connectivity index (χ2n) is 7.61. The SMILES string of the molecule is Cn1ccnc1C(=O)/C=C/c1ccc(CC(=O)Cc2cc(C(F)(F)F)cc(C(F)(F)F)c2)cc1. The highest BCUT2D eigenvalue weighted by Crippen LogP contribution is 2.36. The van der Waals surface area contributed by atoms with Gasteiger partial charge in [-0.25, -0.2) is 4.98 Å². The van der Waals surface area contributed by atoms with E-state index in [9.17, 15) is 35.9 Å². The van der Waals surface area contributed by atoms with Crippen LogP contribution in [0.5, 0.6) is 0 Å². The lowest BCUT2D eigenvalue weighted by Crippen LogP contribution is -2.14. The lowest BCUT2D eigenvalue weighted by Gasteiger charge is -2.14. The summed E-state index contributed by atoms with van der Waals surface area (Å²) in [5.74, 6) is -0.575. The van der Waals surface area contributed by atoms with E-state index in [1.165, 1.54) is 12.3 Å². The van der Waals surface area contributed by atoms with E-state index in [0.717, 1.165) is 0 Å². The van der Waals surface area contributed by atoms with E-state index in [-0.39, 0.29) is 29.7 Å². The monoisotopic (exact) mass is 480 g/mol. The van der Waals surface area contributed by atoms with Crippen LogP contribution >= 0.6 is 0 Å². The van der Waals surface area contributed by atoms with Gasteiger partial charge in [-0.15, -0.1) is 0 Å². The van der Waals surface area contributed by atoms with Gasteiger partial charge in [-0.1, -0.05) is 30.3 Å². The number of aryl methyl sites for hydroxylation is 1. The molecule has 34 heavy (non-hydrogen) atoms. The van der Waals surface area contributed by atoms with Crippen LogP contribution in [0.2, 0.25) is 0 Å². The molecule has 2 aromatic carbocycles. The van der Waals surface area contributed by atoms with Gasteiger partial charge in [0.1, 0.15) is 5.78 Å². The normalized spacial score (nSPS) is 12.3. The van der Waals surface area contributed by atoms with Crippen LogP contribution in [0.4, 0.5) is 26.3 Å². The standard InChI is InChI=1S/C24H18F6N2O2/c1-32-9-8-31-22(32)21(34)7-6-15-2-4-16(5-3-15)12-20(33)13-17-10-18(23(25,26)27)14-19(11-17)24(28,29)30/h2-11,14H,12-13H2,1H3/b7-6+.